The lowest BCUT2D eigenvalue weighted by Crippen LogP contribution is -2.45. The highest BCUT2D eigenvalue weighted by Gasteiger charge is 2.23. The molecule has 1 heterocycles. The quantitative estimate of drug-likeness (QED) is 0.215. The number of benzene rings is 2. The van der Waals surface area contributed by atoms with Crippen molar-refractivity contribution >= 4 is 34.9 Å². The molecule has 0 saturated carbocycles. The van der Waals surface area contributed by atoms with Gasteiger partial charge in [0.15, 0.2) is 0 Å². The molecule has 0 spiro atoms. The van der Waals surface area contributed by atoms with Gasteiger partial charge in [-0.25, -0.2) is 0 Å². The van der Waals surface area contributed by atoms with E-state index in [1.165, 1.54) is 23.1 Å². The predicted molar refractivity (Wildman–Crippen MR) is 139 cm³/mol. The van der Waals surface area contributed by atoms with Crippen molar-refractivity contribution in [3.8, 4) is 0 Å². The first kappa shape index (κ1) is 25.8. The lowest BCUT2D eigenvalue weighted by Gasteiger charge is -2.29. The number of nitro benzene ring substituents is 1. The van der Waals surface area contributed by atoms with Crippen LogP contribution in [0.3, 0.4) is 0 Å². The average Bonchev–Trinajstić information content (AvgIpc) is 3.25. The maximum atomic E-state index is 13.4. The monoisotopic (exact) mass is 491 g/mol. The van der Waals surface area contributed by atoms with Crippen molar-refractivity contribution in [2.75, 3.05) is 6.54 Å². The molecular formula is C27H29N3O4S. The Kier molecular flexibility index (Phi) is 8.92. The van der Waals surface area contributed by atoms with Crippen LogP contribution in [0.25, 0.3) is 6.08 Å². The third kappa shape index (κ3) is 7.35. The third-order valence-electron chi connectivity index (χ3n) is 5.61. The molecule has 2 aromatic carbocycles. The van der Waals surface area contributed by atoms with Gasteiger partial charge in [0.2, 0.25) is 11.8 Å². The van der Waals surface area contributed by atoms with E-state index in [9.17, 15) is 19.7 Å². The number of rotatable bonds is 10. The summed E-state index contributed by atoms with van der Waals surface area (Å²) in [6, 6.07) is 17.6. The Balaban J connectivity index is 1.74. The molecule has 0 radical (unpaired) electrons. The Bertz CT molecular complexity index is 1190. The Morgan fingerprint density at radius 1 is 1.03 bits per heavy atom. The number of hydrogen-bond acceptors (Lipinski definition) is 5. The molecule has 0 aliphatic carbocycles. The number of hydrogen-bond donors (Lipinski definition) is 0. The molecule has 182 valence electrons. The highest BCUT2D eigenvalue weighted by Crippen LogP contribution is 2.20. The molecule has 1 aromatic heterocycles. The second kappa shape index (κ2) is 12.1. The molecule has 0 N–H and O–H groups in total. The Morgan fingerprint density at radius 2 is 1.71 bits per heavy atom. The van der Waals surface area contributed by atoms with Crippen molar-refractivity contribution in [1.82, 2.24) is 9.80 Å². The van der Waals surface area contributed by atoms with Gasteiger partial charge in [-0.1, -0.05) is 30.3 Å². The maximum absolute atomic E-state index is 13.4. The van der Waals surface area contributed by atoms with E-state index in [1.807, 2.05) is 62.5 Å². The summed E-state index contributed by atoms with van der Waals surface area (Å²) < 4.78 is 0. The van der Waals surface area contributed by atoms with Gasteiger partial charge in [-0.2, -0.15) is 0 Å². The molecule has 0 fully saturated rings. The van der Waals surface area contributed by atoms with Gasteiger partial charge in [0.1, 0.15) is 6.54 Å². The molecule has 3 rings (SSSR count). The van der Waals surface area contributed by atoms with Gasteiger partial charge >= 0.3 is 0 Å². The maximum Gasteiger partial charge on any atom is 0.269 e. The molecule has 8 heteroatoms. The summed E-state index contributed by atoms with van der Waals surface area (Å²) in [5, 5.41) is 12.8. The van der Waals surface area contributed by atoms with Crippen molar-refractivity contribution in [2.45, 2.75) is 39.9 Å². The lowest BCUT2D eigenvalue weighted by molar-refractivity contribution is -0.384. The average molecular weight is 492 g/mol. The van der Waals surface area contributed by atoms with E-state index < -0.39 is 4.92 Å². The number of aryl methyl sites for hydroxylation is 1. The van der Waals surface area contributed by atoms with Crippen LogP contribution in [0.5, 0.6) is 0 Å². The van der Waals surface area contributed by atoms with Gasteiger partial charge in [0.05, 0.1) is 11.5 Å². The lowest BCUT2D eigenvalue weighted by atomic mass is 10.2. The second-order valence-electron chi connectivity index (χ2n) is 8.50. The van der Waals surface area contributed by atoms with E-state index in [2.05, 4.69) is 0 Å². The van der Waals surface area contributed by atoms with Crippen LogP contribution in [0.1, 0.15) is 35.4 Å². The van der Waals surface area contributed by atoms with Crippen LogP contribution in [0.4, 0.5) is 5.69 Å². The first-order valence-corrected chi connectivity index (χ1v) is 12.2. The molecule has 3 aromatic rings. The van der Waals surface area contributed by atoms with Gasteiger partial charge in [-0.15, -0.1) is 11.3 Å². The summed E-state index contributed by atoms with van der Waals surface area (Å²) in [7, 11) is 0. The smallest absolute Gasteiger partial charge is 0.269 e. The Hall–Kier alpha value is -3.78. The van der Waals surface area contributed by atoms with Gasteiger partial charge in [0.25, 0.3) is 5.69 Å². The third-order valence-corrected chi connectivity index (χ3v) is 6.61. The normalized spacial score (nSPS) is 11.1. The molecule has 35 heavy (non-hydrogen) atoms. The number of amides is 2. The summed E-state index contributed by atoms with van der Waals surface area (Å²) in [6.07, 6.45) is 3.00. The SMILES string of the molecule is Cc1ccsc1CN(Cc1ccccc1)C(=O)CN(C(=O)C=Cc1ccc([N+](=O)[O-])cc1)C(C)C. The Morgan fingerprint density at radius 3 is 2.29 bits per heavy atom. The standard InChI is InChI=1S/C27H29N3O4S/c1-20(2)29(26(31)14-11-22-9-12-24(13-10-22)30(33)34)19-27(32)28(17-23-7-5-4-6-8-23)18-25-21(3)15-16-35-25/h4-16,20H,17-19H2,1-3H3. The molecule has 0 aliphatic rings. The topological polar surface area (TPSA) is 83.8 Å². The molecule has 0 bridgehead atoms. The van der Waals surface area contributed by atoms with Crippen molar-refractivity contribution in [3.05, 3.63) is 104 Å². The van der Waals surface area contributed by atoms with Gasteiger partial charge in [0, 0.05) is 35.7 Å². The van der Waals surface area contributed by atoms with Crippen molar-refractivity contribution in [1.29, 1.82) is 0 Å². The number of nitro groups is 1. The Labute approximate surface area is 209 Å². The number of nitrogens with zero attached hydrogens (tertiary/aromatic N) is 3. The molecule has 0 aliphatic heterocycles. The van der Waals surface area contributed by atoms with Crippen LogP contribution in [0.15, 0.2) is 72.1 Å². The van der Waals surface area contributed by atoms with Crippen molar-refractivity contribution in [2.24, 2.45) is 0 Å². The summed E-state index contributed by atoms with van der Waals surface area (Å²) in [6.45, 7) is 6.67. The minimum absolute atomic E-state index is 0.0117. The fourth-order valence-corrected chi connectivity index (χ4v) is 4.43. The zero-order valence-corrected chi connectivity index (χ0v) is 20.9. The highest BCUT2D eigenvalue weighted by molar-refractivity contribution is 7.10. The second-order valence-corrected chi connectivity index (χ2v) is 9.50. The summed E-state index contributed by atoms with van der Waals surface area (Å²) in [4.78, 5) is 41.2. The molecule has 7 nitrogen and oxygen atoms in total. The van der Waals surface area contributed by atoms with Crippen molar-refractivity contribution < 1.29 is 14.5 Å². The first-order chi connectivity index (χ1) is 16.7. The zero-order chi connectivity index (χ0) is 25.4. The molecule has 0 atom stereocenters. The molecular weight excluding hydrogens is 462 g/mol. The van der Waals surface area contributed by atoms with Crippen LogP contribution in [0, 0.1) is 17.0 Å². The minimum Gasteiger partial charge on any atom is -0.332 e. The number of non-ortho nitro benzene ring substituents is 1. The van der Waals surface area contributed by atoms with Crippen LogP contribution >= 0.6 is 11.3 Å². The molecule has 0 saturated heterocycles. The van der Waals surface area contributed by atoms with E-state index in [-0.39, 0.29) is 30.1 Å². The van der Waals surface area contributed by atoms with Crippen LogP contribution < -0.4 is 0 Å². The van der Waals surface area contributed by atoms with E-state index in [0.29, 0.717) is 18.7 Å². The van der Waals surface area contributed by atoms with Gasteiger partial charge in [-0.3, -0.25) is 19.7 Å². The van der Waals surface area contributed by atoms with Gasteiger partial charge < -0.3 is 9.80 Å². The highest BCUT2D eigenvalue weighted by atomic mass is 32.1. The molecule has 2 amide bonds. The molecule has 0 unspecified atom stereocenters. The minimum atomic E-state index is -0.469. The van der Waals surface area contributed by atoms with Crippen molar-refractivity contribution in [3.63, 3.8) is 0 Å². The number of carbonyl (C=O) groups excluding carboxylic acids is 2. The summed E-state index contributed by atoms with van der Waals surface area (Å²) in [5.74, 6) is -0.425. The number of thiophene rings is 1. The fourth-order valence-electron chi connectivity index (χ4n) is 3.51. The van der Waals surface area contributed by atoms with Crippen LogP contribution in [-0.2, 0) is 22.7 Å². The van der Waals surface area contributed by atoms with E-state index in [1.54, 1.807) is 34.4 Å². The number of carbonyl (C=O) groups is 2. The fraction of sp³-hybridized carbons (Fsp3) is 0.259. The van der Waals surface area contributed by atoms with E-state index >= 15 is 0 Å². The van der Waals surface area contributed by atoms with E-state index in [0.717, 1.165) is 16.0 Å². The van der Waals surface area contributed by atoms with Gasteiger partial charge in [-0.05, 0) is 67.1 Å². The largest absolute Gasteiger partial charge is 0.332 e. The van der Waals surface area contributed by atoms with E-state index in [4.69, 9.17) is 0 Å². The van der Waals surface area contributed by atoms with Crippen LogP contribution in [0.2, 0.25) is 0 Å². The predicted octanol–water partition coefficient (Wildman–Crippen LogP) is 5.44. The summed E-state index contributed by atoms with van der Waals surface area (Å²) in [5.41, 5.74) is 2.82. The summed E-state index contributed by atoms with van der Waals surface area (Å²) >= 11 is 1.62. The first-order valence-electron chi connectivity index (χ1n) is 11.3. The van der Waals surface area contributed by atoms with Crippen LogP contribution in [-0.4, -0.2) is 39.1 Å². The zero-order valence-electron chi connectivity index (χ0n) is 20.1.